The number of hydrogen-bond donors (Lipinski definition) is 2. The summed E-state index contributed by atoms with van der Waals surface area (Å²) in [6, 6.07) is 0. The fourth-order valence-corrected chi connectivity index (χ4v) is 3.16. The number of rotatable bonds is 5. The molecule has 8 nitrogen and oxygen atoms in total. The summed E-state index contributed by atoms with van der Waals surface area (Å²) in [5.41, 5.74) is 6.50. The van der Waals surface area contributed by atoms with Crippen molar-refractivity contribution in [3.8, 4) is 10.7 Å². The second-order valence-electron chi connectivity index (χ2n) is 4.37. The number of primary amides is 1. The molecular formula is C13H10N6O2S2. The van der Waals surface area contributed by atoms with E-state index in [1.807, 2.05) is 0 Å². The van der Waals surface area contributed by atoms with Crippen LogP contribution in [0.3, 0.4) is 0 Å². The summed E-state index contributed by atoms with van der Waals surface area (Å²) in [4.78, 5) is 39.5. The predicted octanol–water partition coefficient (Wildman–Crippen LogP) is 1.34. The van der Waals surface area contributed by atoms with Crippen LogP contribution in [-0.4, -0.2) is 31.8 Å². The molecule has 116 valence electrons. The monoisotopic (exact) mass is 346 g/mol. The van der Waals surface area contributed by atoms with Crippen LogP contribution in [0.2, 0.25) is 0 Å². The molecule has 10 heteroatoms. The summed E-state index contributed by atoms with van der Waals surface area (Å²) in [7, 11) is 0. The Morgan fingerprint density at radius 1 is 1.17 bits per heavy atom. The van der Waals surface area contributed by atoms with Crippen LogP contribution < -0.4 is 11.1 Å². The fourth-order valence-electron chi connectivity index (χ4n) is 1.69. The van der Waals surface area contributed by atoms with Crippen molar-refractivity contribution in [3.05, 3.63) is 40.7 Å². The van der Waals surface area contributed by atoms with Crippen molar-refractivity contribution in [2.75, 3.05) is 5.32 Å². The molecule has 0 aliphatic rings. The highest BCUT2D eigenvalue weighted by Crippen LogP contribution is 2.22. The first-order valence-corrected chi connectivity index (χ1v) is 8.13. The first-order valence-electron chi connectivity index (χ1n) is 6.38. The van der Waals surface area contributed by atoms with Gasteiger partial charge < -0.3 is 5.73 Å². The molecule has 0 spiro atoms. The maximum absolute atomic E-state index is 12.2. The molecule has 3 rings (SSSR count). The number of nitrogens with one attached hydrogen (secondary N) is 1. The van der Waals surface area contributed by atoms with E-state index in [2.05, 4.69) is 25.3 Å². The van der Waals surface area contributed by atoms with E-state index >= 15 is 0 Å². The van der Waals surface area contributed by atoms with E-state index in [9.17, 15) is 9.59 Å². The van der Waals surface area contributed by atoms with Gasteiger partial charge in [-0.3, -0.25) is 24.9 Å². The lowest BCUT2D eigenvalue weighted by atomic mass is 10.3. The minimum atomic E-state index is -0.471. The van der Waals surface area contributed by atoms with Crippen LogP contribution in [0.15, 0.2) is 29.4 Å². The Labute approximate surface area is 138 Å². The van der Waals surface area contributed by atoms with E-state index < -0.39 is 5.91 Å². The molecule has 3 N–H and O–H groups in total. The zero-order valence-corrected chi connectivity index (χ0v) is 13.2. The standard InChI is InChI=1S/C13H10N6O2S2/c14-10(20)3-7-5-23-13(17-7)19-11(21)9-6-22-12(18-9)8-4-15-1-2-16-8/h1-2,4-6H,3H2,(H2,14,20)(H,17,19,21). The maximum Gasteiger partial charge on any atom is 0.276 e. The van der Waals surface area contributed by atoms with Gasteiger partial charge in [-0.15, -0.1) is 22.7 Å². The molecule has 3 aromatic rings. The van der Waals surface area contributed by atoms with E-state index in [0.29, 0.717) is 21.5 Å². The molecule has 0 atom stereocenters. The van der Waals surface area contributed by atoms with Gasteiger partial charge in [0.1, 0.15) is 16.4 Å². The Morgan fingerprint density at radius 3 is 2.78 bits per heavy atom. The Hall–Kier alpha value is -2.72. The normalized spacial score (nSPS) is 10.4. The van der Waals surface area contributed by atoms with Gasteiger partial charge in [0.05, 0.1) is 18.3 Å². The third-order valence-corrected chi connectivity index (χ3v) is 4.32. The Balaban J connectivity index is 1.70. The second kappa shape index (κ2) is 6.58. The molecule has 0 radical (unpaired) electrons. The van der Waals surface area contributed by atoms with Gasteiger partial charge in [-0.25, -0.2) is 9.97 Å². The first kappa shape index (κ1) is 15.2. The van der Waals surface area contributed by atoms with Crippen molar-refractivity contribution in [2.45, 2.75) is 6.42 Å². The lowest BCUT2D eigenvalue weighted by Gasteiger charge is -1.97. The highest BCUT2D eigenvalue weighted by Gasteiger charge is 2.14. The van der Waals surface area contributed by atoms with E-state index in [0.717, 1.165) is 0 Å². The molecule has 0 aliphatic heterocycles. The first-order chi connectivity index (χ1) is 11.1. The molecule has 0 unspecified atom stereocenters. The van der Waals surface area contributed by atoms with Crippen LogP contribution in [-0.2, 0) is 11.2 Å². The van der Waals surface area contributed by atoms with Crippen molar-refractivity contribution < 1.29 is 9.59 Å². The summed E-state index contributed by atoms with van der Waals surface area (Å²) in [6.07, 6.45) is 4.75. The van der Waals surface area contributed by atoms with E-state index in [1.165, 1.54) is 22.7 Å². The molecule has 0 fully saturated rings. The second-order valence-corrected chi connectivity index (χ2v) is 6.09. The van der Waals surface area contributed by atoms with Crippen molar-refractivity contribution >= 4 is 39.6 Å². The molecule has 3 aromatic heterocycles. The Morgan fingerprint density at radius 2 is 2.04 bits per heavy atom. The molecule has 0 saturated carbocycles. The average molecular weight is 346 g/mol. The minimum Gasteiger partial charge on any atom is -0.369 e. The molecular weight excluding hydrogens is 336 g/mol. The highest BCUT2D eigenvalue weighted by atomic mass is 32.1. The van der Waals surface area contributed by atoms with Crippen LogP contribution in [0.4, 0.5) is 5.13 Å². The third-order valence-electron chi connectivity index (χ3n) is 2.65. The van der Waals surface area contributed by atoms with E-state index in [4.69, 9.17) is 5.73 Å². The number of carbonyl (C=O) groups is 2. The fraction of sp³-hybridized carbons (Fsp3) is 0.0769. The Bertz CT molecular complexity index is 845. The summed E-state index contributed by atoms with van der Waals surface area (Å²) in [5.74, 6) is -0.849. The smallest absolute Gasteiger partial charge is 0.276 e. The summed E-state index contributed by atoms with van der Waals surface area (Å²) in [6.45, 7) is 0. The van der Waals surface area contributed by atoms with Gasteiger partial charge in [0.15, 0.2) is 5.13 Å². The summed E-state index contributed by atoms with van der Waals surface area (Å²) < 4.78 is 0. The number of amides is 2. The molecule has 0 aromatic carbocycles. The molecule has 0 bridgehead atoms. The largest absolute Gasteiger partial charge is 0.369 e. The van der Waals surface area contributed by atoms with Gasteiger partial charge in [0, 0.05) is 23.2 Å². The number of thiazole rings is 2. The van der Waals surface area contributed by atoms with Crippen molar-refractivity contribution in [2.24, 2.45) is 5.73 Å². The number of anilines is 1. The third kappa shape index (κ3) is 3.73. The van der Waals surface area contributed by atoms with Crippen molar-refractivity contribution in [1.29, 1.82) is 0 Å². The average Bonchev–Trinajstić information content (AvgIpc) is 3.17. The van der Waals surface area contributed by atoms with E-state index in [-0.39, 0.29) is 18.0 Å². The van der Waals surface area contributed by atoms with Crippen LogP contribution in [0.25, 0.3) is 10.7 Å². The molecule has 3 heterocycles. The lowest BCUT2D eigenvalue weighted by molar-refractivity contribution is -0.117. The topological polar surface area (TPSA) is 124 Å². The number of nitrogens with two attached hydrogens (primary N) is 1. The summed E-state index contributed by atoms with van der Waals surface area (Å²) >= 11 is 2.52. The highest BCUT2D eigenvalue weighted by molar-refractivity contribution is 7.14. The van der Waals surface area contributed by atoms with Gasteiger partial charge in [0.25, 0.3) is 5.91 Å². The lowest BCUT2D eigenvalue weighted by Crippen LogP contribution is -2.14. The SMILES string of the molecule is NC(=O)Cc1csc(NC(=O)c2csc(-c3cnccn3)n2)n1. The quantitative estimate of drug-likeness (QED) is 0.718. The maximum atomic E-state index is 12.2. The zero-order chi connectivity index (χ0) is 16.2. The zero-order valence-electron chi connectivity index (χ0n) is 11.6. The van der Waals surface area contributed by atoms with Gasteiger partial charge >= 0.3 is 0 Å². The molecule has 2 amide bonds. The van der Waals surface area contributed by atoms with Crippen LogP contribution >= 0.6 is 22.7 Å². The molecule has 0 saturated heterocycles. The van der Waals surface area contributed by atoms with Crippen LogP contribution in [0, 0.1) is 0 Å². The number of aromatic nitrogens is 4. The van der Waals surface area contributed by atoms with Gasteiger partial charge in [0.2, 0.25) is 5.91 Å². The number of nitrogens with zero attached hydrogens (tertiary/aromatic N) is 4. The van der Waals surface area contributed by atoms with Gasteiger partial charge in [-0.1, -0.05) is 0 Å². The summed E-state index contributed by atoms with van der Waals surface area (Å²) in [5, 5.41) is 6.95. The van der Waals surface area contributed by atoms with Gasteiger partial charge in [-0.05, 0) is 0 Å². The Kier molecular flexibility index (Phi) is 4.35. The number of carbonyl (C=O) groups excluding carboxylic acids is 2. The van der Waals surface area contributed by atoms with Crippen molar-refractivity contribution in [1.82, 2.24) is 19.9 Å². The van der Waals surface area contributed by atoms with Crippen LogP contribution in [0.1, 0.15) is 16.2 Å². The van der Waals surface area contributed by atoms with Gasteiger partial charge in [-0.2, -0.15) is 0 Å². The van der Waals surface area contributed by atoms with Crippen LogP contribution in [0.5, 0.6) is 0 Å². The van der Waals surface area contributed by atoms with Crippen molar-refractivity contribution in [3.63, 3.8) is 0 Å². The molecule has 0 aliphatic carbocycles. The predicted molar refractivity (Wildman–Crippen MR) is 86.1 cm³/mol. The number of hydrogen-bond acceptors (Lipinski definition) is 8. The minimum absolute atomic E-state index is 0.0416. The van der Waals surface area contributed by atoms with E-state index in [1.54, 1.807) is 29.4 Å². The molecule has 23 heavy (non-hydrogen) atoms.